The van der Waals surface area contributed by atoms with Crippen molar-refractivity contribution in [2.45, 2.75) is 26.8 Å². The topological polar surface area (TPSA) is 52.8 Å². The van der Waals surface area contributed by atoms with Crippen molar-refractivity contribution in [3.63, 3.8) is 0 Å². The summed E-state index contributed by atoms with van der Waals surface area (Å²) in [6.45, 7) is 8.84. The first-order valence-electron chi connectivity index (χ1n) is 7.26. The molecule has 5 nitrogen and oxygen atoms in total. The average Bonchev–Trinajstić information content (AvgIpc) is 2.89. The molecule has 1 aromatic rings. The van der Waals surface area contributed by atoms with Crippen LogP contribution in [0.15, 0.2) is 27.8 Å². The summed E-state index contributed by atoms with van der Waals surface area (Å²) in [6, 6.07) is 4.11. The largest absolute Gasteiger partial charge is 0.468 e. The molecule has 0 aliphatic carbocycles. The normalized spacial score (nSPS) is 13.2. The van der Waals surface area contributed by atoms with Gasteiger partial charge in [0.1, 0.15) is 5.76 Å². The second-order valence-corrected chi connectivity index (χ2v) is 5.49. The molecule has 1 unspecified atom stereocenters. The molecule has 1 heterocycles. The van der Waals surface area contributed by atoms with Crippen molar-refractivity contribution in [1.82, 2.24) is 15.5 Å². The maximum atomic E-state index is 5.51. The Bertz CT molecular complexity index is 390. The molecule has 0 aliphatic heterocycles. The van der Waals surface area contributed by atoms with Gasteiger partial charge in [0.15, 0.2) is 5.96 Å². The zero-order valence-corrected chi connectivity index (χ0v) is 16.0. The minimum absolute atomic E-state index is 0. The molecule has 122 valence electrons. The van der Waals surface area contributed by atoms with E-state index in [0.717, 1.165) is 31.4 Å². The quantitative estimate of drug-likeness (QED) is 0.414. The van der Waals surface area contributed by atoms with Crippen LogP contribution in [0.3, 0.4) is 0 Å². The summed E-state index contributed by atoms with van der Waals surface area (Å²) in [7, 11) is 4.10. The predicted octanol–water partition coefficient (Wildman–Crippen LogP) is 2.71. The lowest BCUT2D eigenvalue weighted by Crippen LogP contribution is -2.41. The Morgan fingerprint density at radius 3 is 2.52 bits per heavy atom. The molecule has 0 spiro atoms. The van der Waals surface area contributed by atoms with Crippen LogP contribution in [-0.2, 0) is 0 Å². The molecule has 0 saturated heterocycles. The lowest BCUT2D eigenvalue weighted by molar-refractivity contribution is 0.258. The summed E-state index contributed by atoms with van der Waals surface area (Å²) in [6.07, 6.45) is 1.71. The third kappa shape index (κ3) is 7.71. The molecule has 1 rings (SSSR count). The summed E-state index contributed by atoms with van der Waals surface area (Å²) < 4.78 is 5.51. The molecule has 2 N–H and O–H groups in total. The van der Waals surface area contributed by atoms with Gasteiger partial charge in [-0.05, 0) is 39.1 Å². The van der Waals surface area contributed by atoms with E-state index in [2.05, 4.69) is 41.3 Å². The predicted molar refractivity (Wildman–Crippen MR) is 99.4 cm³/mol. The average molecular weight is 408 g/mol. The van der Waals surface area contributed by atoms with E-state index in [0.29, 0.717) is 5.92 Å². The number of likely N-dealkylation sites (N-methyl/N-ethyl adjacent to an activating group) is 1. The Hall–Kier alpha value is -0.760. The van der Waals surface area contributed by atoms with Gasteiger partial charge in [-0.2, -0.15) is 0 Å². The second kappa shape index (κ2) is 10.9. The lowest BCUT2D eigenvalue weighted by atomic mass is 10.2. The molecular formula is C15H29IN4O. The molecule has 0 fully saturated rings. The highest BCUT2D eigenvalue weighted by atomic mass is 127. The molecule has 1 atom stereocenters. The zero-order valence-electron chi connectivity index (χ0n) is 13.7. The molecular weight excluding hydrogens is 379 g/mol. The lowest BCUT2D eigenvalue weighted by Gasteiger charge is -2.23. The van der Waals surface area contributed by atoms with Gasteiger partial charge in [-0.15, -0.1) is 24.0 Å². The van der Waals surface area contributed by atoms with Crippen molar-refractivity contribution < 1.29 is 4.42 Å². The zero-order chi connectivity index (χ0) is 15.0. The highest BCUT2D eigenvalue weighted by Crippen LogP contribution is 2.17. The van der Waals surface area contributed by atoms with Gasteiger partial charge in [-0.1, -0.05) is 13.8 Å². The monoisotopic (exact) mass is 408 g/mol. The van der Waals surface area contributed by atoms with Crippen molar-refractivity contribution in [3.05, 3.63) is 24.2 Å². The summed E-state index contributed by atoms with van der Waals surface area (Å²) in [4.78, 5) is 6.71. The van der Waals surface area contributed by atoms with E-state index < -0.39 is 0 Å². The van der Waals surface area contributed by atoms with Gasteiger partial charge in [0.05, 0.1) is 12.3 Å². The Balaban J connectivity index is 0.00000400. The molecule has 0 radical (unpaired) electrons. The maximum absolute atomic E-state index is 5.51. The first-order chi connectivity index (χ1) is 9.54. The molecule has 1 aromatic heterocycles. The summed E-state index contributed by atoms with van der Waals surface area (Å²) in [5.41, 5.74) is 0. The summed E-state index contributed by atoms with van der Waals surface area (Å²) in [5.74, 6) is 2.38. The second-order valence-electron chi connectivity index (χ2n) is 5.49. The van der Waals surface area contributed by atoms with Crippen LogP contribution < -0.4 is 10.6 Å². The number of guanidine groups is 1. The van der Waals surface area contributed by atoms with Gasteiger partial charge < -0.3 is 15.1 Å². The standard InChI is InChI=1S/C15H28N4O.HI/c1-6-16-15(17-10-12(2)3)18-11-13(19(4)5)14-8-7-9-20-14;/h7-9,12-13H,6,10-11H2,1-5H3,(H2,16,17,18);1H. The van der Waals surface area contributed by atoms with Crippen molar-refractivity contribution in [2.75, 3.05) is 33.7 Å². The van der Waals surface area contributed by atoms with E-state index in [1.54, 1.807) is 6.26 Å². The number of halogens is 1. The number of nitrogens with zero attached hydrogens (tertiary/aromatic N) is 2. The van der Waals surface area contributed by atoms with Crippen molar-refractivity contribution in [1.29, 1.82) is 0 Å². The smallest absolute Gasteiger partial charge is 0.191 e. The van der Waals surface area contributed by atoms with Crippen molar-refractivity contribution in [2.24, 2.45) is 10.9 Å². The van der Waals surface area contributed by atoms with Gasteiger partial charge >= 0.3 is 0 Å². The molecule has 0 aliphatic rings. The van der Waals surface area contributed by atoms with E-state index in [4.69, 9.17) is 4.42 Å². The number of hydrogen-bond acceptors (Lipinski definition) is 3. The van der Waals surface area contributed by atoms with Crippen LogP contribution in [0.25, 0.3) is 0 Å². The van der Waals surface area contributed by atoms with Crippen LogP contribution in [0, 0.1) is 5.92 Å². The van der Waals surface area contributed by atoms with Gasteiger partial charge in [0, 0.05) is 19.6 Å². The number of nitrogens with one attached hydrogen (secondary N) is 2. The number of aliphatic imine (C=N–C) groups is 1. The summed E-state index contributed by atoms with van der Waals surface area (Å²) >= 11 is 0. The fraction of sp³-hybridized carbons (Fsp3) is 0.667. The van der Waals surface area contributed by atoms with Gasteiger partial charge in [-0.25, -0.2) is 0 Å². The van der Waals surface area contributed by atoms with Crippen LogP contribution in [0.2, 0.25) is 0 Å². The van der Waals surface area contributed by atoms with E-state index in [9.17, 15) is 0 Å². The van der Waals surface area contributed by atoms with Crippen LogP contribution in [-0.4, -0.2) is 44.6 Å². The molecule has 0 aromatic carbocycles. The fourth-order valence-electron chi connectivity index (χ4n) is 1.83. The maximum Gasteiger partial charge on any atom is 0.191 e. The van der Waals surface area contributed by atoms with Crippen molar-refractivity contribution in [3.8, 4) is 0 Å². The highest BCUT2D eigenvalue weighted by molar-refractivity contribution is 14.0. The van der Waals surface area contributed by atoms with E-state index in [1.807, 2.05) is 26.2 Å². The van der Waals surface area contributed by atoms with E-state index >= 15 is 0 Å². The highest BCUT2D eigenvalue weighted by Gasteiger charge is 2.17. The minimum Gasteiger partial charge on any atom is -0.468 e. The number of hydrogen-bond donors (Lipinski definition) is 2. The van der Waals surface area contributed by atoms with Crippen molar-refractivity contribution >= 4 is 29.9 Å². The van der Waals surface area contributed by atoms with Gasteiger partial charge in [0.2, 0.25) is 0 Å². The Labute approximate surface area is 145 Å². The molecule has 21 heavy (non-hydrogen) atoms. The molecule has 0 bridgehead atoms. The summed E-state index contributed by atoms with van der Waals surface area (Å²) in [5, 5.41) is 6.65. The van der Waals surface area contributed by atoms with Crippen LogP contribution >= 0.6 is 24.0 Å². The molecule has 0 saturated carbocycles. The SMILES string of the molecule is CCNC(=NCC(C)C)NCC(c1ccco1)N(C)C.I. The minimum atomic E-state index is 0. The number of rotatable bonds is 7. The van der Waals surface area contributed by atoms with Crippen LogP contribution in [0.1, 0.15) is 32.6 Å². The van der Waals surface area contributed by atoms with E-state index in [-0.39, 0.29) is 30.0 Å². The van der Waals surface area contributed by atoms with E-state index in [1.165, 1.54) is 0 Å². The number of furan rings is 1. The van der Waals surface area contributed by atoms with Crippen LogP contribution in [0.5, 0.6) is 0 Å². The molecule has 6 heteroatoms. The third-order valence-electron chi connectivity index (χ3n) is 2.92. The Morgan fingerprint density at radius 1 is 1.33 bits per heavy atom. The van der Waals surface area contributed by atoms with Gasteiger partial charge in [0.25, 0.3) is 0 Å². The first-order valence-corrected chi connectivity index (χ1v) is 7.26. The molecule has 0 amide bonds. The van der Waals surface area contributed by atoms with Crippen LogP contribution in [0.4, 0.5) is 0 Å². The fourth-order valence-corrected chi connectivity index (χ4v) is 1.83. The third-order valence-corrected chi connectivity index (χ3v) is 2.92. The Morgan fingerprint density at radius 2 is 2.05 bits per heavy atom. The van der Waals surface area contributed by atoms with Gasteiger partial charge in [-0.3, -0.25) is 9.89 Å². The Kier molecular flexibility index (Phi) is 10.5. The first kappa shape index (κ1) is 20.2.